The standard InChI is InChI=1S/C16H27N3/c1-18-11-5-8-16(9-12-18)19(13-10-17)14-15-6-3-2-4-7-15/h2-4,6-7,16H,5,8-14,17H2,1H3. The second-order valence-corrected chi connectivity index (χ2v) is 5.63. The lowest BCUT2D eigenvalue weighted by Gasteiger charge is -2.30. The van der Waals surface area contributed by atoms with Gasteiger partial charge in [-0.15, -0.1) is 0 Å². The summed E-state index contributed by atoms with van der Waals surface area (Å²) < 4.78 is 0. The van der Waals surface area contributed by atoms with Gasteiger partial charge in [0.1, 0.15) is 0 Å². The Morgan fingerprint density at radius 3 is 2.74 bits per heavy atom. The highest BCUT2D eigenvalue weighted by Crippen LogP contribution is 2.18. The maximum Gasteiger partial charge on any atom is 0.0237 e. The minimum Gasteiger partial charge on any atom is -0.329 e. The highest BCUT2D eigenvalue weighted by atomic mass is 15.2. The van der Waals surface area contributed by atoms with E-state index in [1.54, 1.807) is 0 Å². The molecule has 2 rings (SSSR count). The van der Waals surface area contributed by atoms with Crippen LogP contribution in [0.2, 0.25) is 0 Å². The molecule has 0 radical (unpaired) electrons. The van der Waals surface area contributed by atoms with Crippen molar-refractivity contribution in [2.75, 3.05) is 33.2 Å². The number of likely N-dealkylation sites (tertiary alicyclic amines) is 1. The molecule has 1 unspecified atom stereocenters. The highest BCUT2D eigenvalue weighted by molar-refractivity contribution is 5.14. The van der Waals surface area contributed by atoms with E-state index in [2.05, 4.69) is 47.2 Å². The number of benzene rings is 1. The summed E-state index contributed by atoms with van der Waals surface area (Å²) >= 11 is 0. The molecule has 106 valence electrons. The first kappa shape index (κ1) is 14.5. The third-order valence-electron chi connectivity index (χ3n) is 4.08. The van der Waals surface area contributed by atoms with Gasteiger partial charge in [0.05, 0.1) is 0 Å². The van der Waals surface area contributed by atoms with Gasteiger partial charge in [0.25, 0.3) is 0 Å². The highest BCUT2D eigenvalue weighted by Gasteiger charge is 2.21. The van der Waals surface area contributed by atoms with Crippen molar-refractivity contribution in [1.29, 1.82) is 0 Å². The SMILES string of the molecule is CN1CCCC(N(CCN)Cc2ccccc2)CC1. The fourth-order valence-corrected chi connectivity index (χ4v) is 2.96. The predicted octanol–water partition coefficient (Wildman–Crippen LogP) is 1.93. The summed E-state index contributed by atoms with van der Waals surface area (Å²) in [5, 5.41) is 0. The van der Waals surface area contributed by atoms with Gasteiger partial charge in [-0.2, -0.15) is 0 Å². The molecule has 3 heteroatoms. The van der Waals surface area contributed by atoms with Gasteiger partial charge in [0.2, 0.25) is 0 Å². The van der Waals surface area contributed by atoms with Crippen molar-refractivity contribution in [3.8, 4) is 0 Å². The summed E-state index contributed by atoms with van der Waals surface area (Å²) in [6.45, 7) is 5.23. The minimum absolute atomic E-state index is 0.689. The van der Waals surface area contributed by atoms with Gasteiger partial charge < -0.3 is 10.6 Å². The van der Waals surface area contributed by atoms with Crippen LogP contribution in [0.4, 0.5) is 0 Å². The third-order valence-corrected chi connectivity index (χ3v) is 4.08. The van der Waals surface area contributed by atoms with Crippen molar-refractivity contribution in [2.45, 2.75) is 31.8 Å². The molecule has 0 saturated carbocycles. The second-order valence-electron chi connectivity index (χ2n) is 5.63. The van der Waals surface area contributed by atoms with E-state index in [1.807, 2.05) is 0 Å². The fraction of sp³-hybridized carbons (Fsp3) is 0.625. The van der Waals surface area contributed by atoms with Crippen molar-refractivity contribution in [1.82, 2.24) is 9.80 Å². The van der Waals surface area contributed by atoms with E-state index in [1.165, 1.54) is 37.9 Å². The number of hydrogen-bond donors (Lipinski definition) is 1. The van der Waals surface area contributed by atoms with E-state index in [-0.39, 0.29) is 0 Å². The first-order valence-electron chi connectivity index (χ1n) is 7.46. The van der Waals surface area contributed by atoms with Crippen LogP contribution in [0.25, 0.3) is 0 Å². The Morgan fingerprint density at radius 1 is 1.21 bits per heavy atom. The zero-order valence-corrected chi connectivity index (χ0v) is 12.1. The first-order valence-corrected chi connectivity index (χ1v) is 7.46. The summed E-state index contributed by atoms with van der Waals surface area (Å²) in [6.07, 6.45) is 3.87. The normalized spacial score (nSPS) is 21.5. The Kier molecular flexibility index (Phi) is 5.83. The summed E-state index contributed by atoms with van der Waals surface area (Å²) in [4.78, 5) is 5.03. The molecule has 0 amide bonds. The Morgan fingerprint density at radius 2 is 2.00 bits per heavy atom. The molecule has 1 aromatic carbocycles. The van der Waals surface area contributed by atoms with E-state index >= 15 is 0 Å². The molecule has 1 aliphatic heterocycles. The second kappa shape index (κ2) is 7.63. The largest absolute Gasteiger partial charge is 0.329 e. The van der Waals surface area contributed by atoms with Crippen LogP contribution in [0, 0.1) is 0 Å². The Bertz CT molecular complexity index is 352. The predicted molar refractivity (Wildman–Crippen MR) is 81.0 cm³/mol. The molecule has 1 atom stereocenters. The van der Waals surface area contributed by atoms with Crippen LogP contribution in [0.3, 0.4) is 0 Å². The van der Waals surface area contributed by atoms with Gasteiger partial charge in [0, 0.05) is 25.7 Å². The van der Waals surface area contributed by atoms with E-state index in [0.717, 1.165) is 19.6 Å². The van der Waals surface area contributed by atoms with Crippen LogP contribution in [0.15, 0.2) is 30.3 Å². The molecular formula is C16H27N3. The average molecular weight is 261 g/mol. The quantitative estimate of drug-likeness (QED) is 0.879. The number of nitrogens with two attached hydrogens (primary N) is 1. The van der Waals surface area contributed by atoms with Crippen molar-refractivity contribution in [3.63, 3.8) is 0 Å². The smallest absolute Gasteiger partial charge is 0.0237 e. The Hall–Kier alpha value is -0.900. The van der Waals surface area contributed by atoms with E-state index in [9.17, 15) is 0 Å². The summed E-state index contributed by atoms with van der Waals surface area (Å²) in [5.41, 5.74) is 7.20. The zero-order chi connectivity index (χ0) is 13.5. The topological polar surface area (TPSA) is 32.5 Å². The molecule has 2 N–H and O–H groups in total. The average Bonchev–Trinajstić information content (AvgIpc) is 2.64. The maximum atomic E-state index is 5.80. The van der Waals surface area contributed by atoms with Gasteiger partial charge in [-0.1, -0.05) is 30.3 Å². The molecule has 0 aliphatic carbocycles. The van der Waals surface area contributed by atoms with E-state index < -0.39 is 0 Å². The van der Waals surface area contributed by atoms with Gasteiger partial charge in [0.15, 0.2) is 0 Å². The van der Waals surface area contributed by atoms with Crippen LogP contribution in [0.1, 0.15) is 24.8 Å². The van der Waals surface area contributed by atoms with Gasteiger partial charge >= 0.3 is 0 Å². The van der Waals surface area contributed by atoms with Gasteiger partial charge in [-0.25, -0.2) is 0 Å². The van der Waals surface area contributed by atoms with E-state index in [0.29, 0.717) is 6.04 Å². The van der Waals surface area contributed by atoms with E-state index in [4.69, 9.17) is 5.73 Å². The van der Waals surface area contributed by atoms with Crippen molar-refractivity contribution in [2.24, 2.45) is 5.73 Å². The lowest BCUT2D eigenvalue weighted by molar-refractivity contribution is 0.175. The van der Waals surface area contributed by atoms with Crippen LogP contribution in [-0.2, 0) is 6.54 Å². The van der Waals surface area contributed by atoms with Crippen molar-refractivity contribution < 1.29 is 0 Å². The lowest BCUT2D eigenvalue weighted by atomic mass is 10.1. The molecule has 0 bridgehead atoms. The maximum absolute atomic E-state index is 5.80. The fourth-order valence-electron chi connectivity index (χ4n) is 2.96. The van der Waals surface area contributed by atoms with Crippen LogP contribution in [0.5, 0.6) is 0 Å². The van der Waals surface area contributed by atoms with Crippen LogP contribution in [-0.4, -0.2) is 49.1 Å². The third kappa shape index (κ3) is 4.60. The number of hydrogen-bond acceptors (Lipinski definition) is 3. The van der Waals surface area contributed by atoms with Crippen molar-refractivity contribution >= 4 is 0 Å². The molecule has 1 aliphatic rings. The first-order chi connectivity index (χ1) is 9.29. The molecular weight excluding hydrogens is 234 g/mol. The number of nitrogens with zero attached hydrogens (tertiary/aromatic N) is 2. The Balaban J connectivity index is 1.98. The minimum atomic E-state index is 0.689. The number of rotatable bonds is 5. The molecule has 0 aromatic heterocycles. The molecule has 19 heavy (non-hydrogen) atoms. The van der Waals surface area contributed by atoms with Crippen LogP contribution < -0.4 is 5.73 Å². The molecule has 3 nitrogen and oxygen atoms in total. The molecule has 1 aromatic rings. The molecule has 1 saturated heterocycles. The zero-order valence-electron chi connectivity index (χ0n) is 12.1. The molecule has 1 heterocycles. The van der Waals surface area contributed by atoms with Gasteiger partial charge in [-0.05, 0) is 45.0 Å². The lowest BCUT2D eigenvalue weighted by Crippen LogP contribution is -2.38. The Labute approximate surface area is 117 Å². The molecule has 1 fully saturated rings. The van der Waals surface area contributed by atoms with Gasteiger partial charge in [-0.3, -0.25) is 4.90 Å². The summed E-state index contributed by atoms with van der Waals surface area (Å²) in [5.74, 6) is 0. The molecule has 0 spiro atoms. The monoisotopic (exact) mass is 261 g/mol. The van der Waals surface area contributed by atoms with Crippen molar-refractivity contribution in [3.05, 3.63) is 35.9 Å². The summed E-state index contributed by atoms with van der Waals surface area (Å²) in [7, 11) is 2.23. The van der Waals surface area contributed by atoms with Crippen LogP contribution >= 0.6 is 0 Å². The summed E-state index contributed by atoms with van der Waals surface area (Å²) in [6, 6.07) is 11.4.